The van der Waals surface area contributed by atoms with Gasteiger partial charge in [0.15, 0.2) is 0 Å². The van der Waals surface area contributed by atoms with Gasteiger partial charge in [-0.2, -0.15) is 0 Å². The number of likely N-dealkylation sites (tertiary alicyclic amines) is 1. The molecule has 0 unspecified atom stereocenters. The van der Waals surface area contributed by atoms with E-state index in [1.807, 2.05) is 15.5 Å². The van der Waals surface area contributed by atoms with Crippen molar-refractivity contribution in [2.24, 2.45) is 11.7 Å². The number of piperidine rings is 1. The lowest BCUT2D eigenvalue weighted by molar-refractivity contribution is -0.132. The van der Waals surface area contributed by atoms with E-state index in [-0.39, 0.29) is 23.9 Å². The number of amides is 1. The van der Waals surface area contributed by atoms with Gasteiger partial charge in [0, 0.05) is 37.3 Å². The van der Waals surface area contributed by atoms with Crippen molar-refractivity contribution < 1.29 is 4.79 Å². The molecule has 0 aromatic carbocycles. The summed E-state index contributed by atoms with van der Waals surface area (Å²) >= 11 is 0. The molecule has 2 N–H and O–H groups in total. The average molecular weight is 247 g/mol. The van der Waals surface area contributed by atoms with E-state index in [4.69, 9.17) is 5.73 Å². The quantitative estimate of drug-likeness (QED) is 0.744. The largest absolute Gasteiger partial charge is 0.341 e. The molecule has 2 atom stereocenters. The second-order valence-electron chi connectivity index (χ2n) is 5.20. The van der Waals surface area contributed by atoms with Crippen LogP contribution in [0.2, 0.25) is 0 Å². The van der Waals surface area contributed by atoms with E-state index in [0.717, 1.165) is 25.2 Å². The first-order valence-electron chi connectivity index (χ1n) is 6.36. The summed E-state index contributed by atoms with van der Waals surface area (Å²) in [6.07, 6.45) is 1.07. The lowest BCUT2D eigenvalue weighted by Crippen LogP contribution is -2.50. The van der Waals surface area contributed by atoms with Gasteiger partial charge in [0.25, 0.3) is 5.56 Å². The number of aromatic nitrogens is 1. The standard InChI is InChI=1S/C13H17N3O2/c14-5-13(18)15-6-9-4-10(8-15)11-2-1-3-12(17)16(11)7-9/h1-3,9-10H,4-8,14H2/t9-,10+/m0/s1. The lowest BCUT2D eigenvalue weighted by atomic mass is 9.83. The third-order valence-corrected chi connectivity index (χ3v) is 4.01. The number of rotatable bonds is 1. The fourth-order valence-corrected chi connectivity index (χ4v) is 3.23. The van der Waals surface area contributed by atoms with Gasteiger partial charge in [0.1, 0.15) is 0 Å². The summed E-state index contributed by atoms with van der Waals surface area (Å²) in [5.74, 6) is 0.671. The number of nitrogens with zero attached hydrogens (tertiary/aromatic N) is 2. The average Bonchev–Trinajstić information content (AvgIpc) is 2.39. The number of nitrogens with two attached hydrogens (primary N) is 1. The summed E-state index contributed by atoms with van der Waals surface area (Å²) in [6.45, 7) is 2.21. The zero-order chi connectivity index (χ0) is 12.7. The highest BCUT2D eigenvalue weighted by Gasteiger charge is 2.35. The molecule has 0 spiro atoms. The predicted octanol–water partition coefficient (Wildman–Crippen LogP) is -0.247. The number of hydrogen-bond acceptors (Lipinski definition) is 3. The van der Waals surface area contributed by atoms with Crippen LogP contribution >= 0.6 is 0 Å². The second-order valence-corrected chi connectivity index (χ2v) is 5.20. The molecular weight excluding hydrogens is 230 g/mol. The Bertz CT molecular complexity index is 537. The first kappa shape index (κ1) is 11.5. The zero-order valence-corrected chi connectivity index (χ0v) is 10.2. The number of hydrogen-bond donors (Lipinski definition) is 1. The summed E-state index contributed by atoms with van der Waals surface area (Å²) in [5.41, 5.74) is 6.56. The molecule has 1 aromatic rings. The van der Waals surface area contributed by atoms with Crippen molar-refractivity contribution in [3.8, 4) is 0 Å². The van der Waals surface area contributed by atoms with E-state index in [1.165, 1.54) is 0 Å². The first-order valence-corrected chi connectivity index (χ1v) is 6.36. The van der Waals surface area contributed by atoms with E-state index < -0.39 is 0 Å². The maximum atomic E-state index is 11.8. The Morgan fingerprint density at radius 2 is 2.17 bits per heavy atom. The Hall–Kier alpha value is -1.62. The Balaban J connectivity index is 1.95. The Labute approximate surface area is 105 Å². The number of carbonyl (C=O) groups excluding carboxylic acids is 1. The van der Waals surface area contributed by atoms with Crippen LogP contribution in [0.1, 0.15) is 18.0 Å². The van der Waals surface area contributed by atoms with E-state index >= 15 is 0 Å². The molecule has 3 rings (SSSR count). The molecule has 0 saturated carbocycles. The molecule has 2 bridgehead atoms. The zero-order valence-electron chi connectivity index (χ0n) is 10.2. The van der Waals surface area contributed by atoms with Gasteiger partial charge in [-0.3, -0.25) is 9.59 Å². The predicted molar refractivity (Wildman–Crippen MR) is 67.2 cm³/mol. The van der Waals surface area contributed by atoms with Gasteiger partial charge in [-0.15, -0.1) is 0 Å². The number of carbonyl (C=O) groups is 1. The van der Waals surface area contributed by atoms with Crippen LogP contribution in [0.3, 0.4) is 0 Å². The lowest BCUT2D eigenvalue weighted by Gasteiger charge is -2.42. The van der Waals surface area contributed by atoms with Gasteiger partial charge in [-0.25, -0.2) is 0 Å². The highest BCUT2D eigenvalue weighted by atomic mass is 16.2. The van der Waals surface area contributed by atoms with E-state index in [9.17, 15) is 9.59 Å². The molecule has 3 heterocycles. The molecule has 0 aliphatic carbocycles. The minimum Gasteiger partial charge on any atom is -0.341 e. The van der Waals surface area contributed by atoms with Crippen LogP contribution < -0.4 is 11.3 Å². The van der Waals surface area contributed by atoms with E-state index in [1.54, 1.807) is 12.1 Å². The Morgan fingerprint density at radius 1 is 1.33 bits per heavy atom. The van der Waals surface area contributed by atoms with Crippen molar-refractivity contribution in [3.63, 3.8) is 0 Å². The maximum Gasteiger partial charge on any atom is 0.250 e. The van der Waals surface area contributed by atoms with Crippen molar-refractivity contribution in [3.05, 3.63) is 34.2 Å². The molecule has 1 aromatic heterocycles. The Kier molecular flexibility index (Phi) is 2.70. The molecule has 1 amide bonds. The van der Waals surface area contributed by atoms with Crippen molar-refractivity contribution in [1.29, 1.82) is 0 Å². The van der Waals surface area contributed by atoms with Gasteiger partial charge in [0.05, 0.1) is 6.54 Å². The number of pyridine rings is 1. The van der Waals surface area contributed by atoms with Crippen LogP contribution in [-0.2, 0) is 11.3 Å². The highest BCUT2D eigenvalue weighted by Crippen LogP contribution is 2.34. The van der Waals surface area contributed by atoms with Crippen molar-refractivity contribution in [1.82, 2.24) is 9.47 Å². The van der Waals surface area contributed by atoms with E-state index in [0.29, 0.717) is 12.5 Å². The summed E-state index contributed by atoms with van der Waals surface area (Å²) in [5, 5.41) is 0. The monoisotopic (exact) mass is 247 g/mol. The van der Waals surface area contributed by atoms with Crippen LogP contribution in [0, 0.1) is 5.92 Å². The summed E-state index contributed by atoms with van der Waals surface area (Å²) in [4.78, 5) is 25.4. The van der Waals surface area contributed by atoms with Gasteiger partial charge >= 0.3 is 0 Å². The van der Waals surface area contributed by atoms with Crippen LogP contribution in [-0.4, -0.2) is 35.0 Å². The smallest absolute Gasteiger partial charge is 0.250 e. The molecule has 5 heteroatoms. The molecule has 96 valence electrons. The fourth-order valence-electron chi connectivity index (χ4n) is 3.23. The third kappa shape index (κ3) is 1.75. The van der Waals surface area contributed by atoms with Gasteiger partial charge in [-0.05, 0) is 18.4 Å². The summed E-state index contributed by atoms with van der Waals surface area (Å²) in [6, 6.07) is 5.41. The summed E-state index contributed by atoms with van der Waals surface area (Å²) in [7, 11) is 0. The minimum atomic E-state index is 0.0106. The molecular formula is C13H17N3O2. The van der Waals surface area contributed by atoms with Crippen LogP contribution in [0.15, 0.2) is 23.0 Å². The first-order chi connectivity index (χ1) is 8.69. The minimum absolute atomic E-state index is 0.0106. The molecule has 2 aliphatic heterocycles. The molecule has 2 aliphatic rings. The van der Waals surface area contributed by atoms with Gasteiger partial charge in [0.2, 0.25) is 5.91 Å². The number of fused-ring (bicyclic) bond motifs is 4. The van der Waals surface area contributed by atoms with Crippen LogP contribution in [0.25, 0.3) is 0 Å². The molecule has 0 radical (unpaired) electrons. The maximum absolute atomic E-state index is 11.8. The van der Waals surface area contributed by atoms with Gasteiger partial charge < -0.3 is 15.2 Å². The summed E-state index contributed by atoms with van der Waals surface area (Å²) < 4.78 is 1.86. The Morgan fingerprint density at radius 3 is 2.94 bits per heavy atom. The third-order valence-electron chi connectivity index (χ3n) is 4.01. The molecule has 5 nitrogen and oxygen atoms in total. The van der Waals surface area contributed by atoms with Crippen LogP contribution in [0.5, 0.6) is 0 Å². The van der Waals surface area contributed by atoms with Crippen molar-refractivity contribution >= 4 is 5.91 Å². The molecule has 18 heavy (non-hydrogen) atoms. The highest BCUT2D eigenvalue weighted by molar-refractivity contribution is 5.78. The van der Waals surface area contributed by atoms with Crippen molar-refractivity contribution in [2.45, 2.75) is 18.9 Å². The van der Waals surface area contributed by atoms with Crippen LogP contribution in [0.4, 0.5) is 0 Å². The molecule has 1 saturated heterocycles. The van der Waals surface area contributed by atoms with Gasteiger partial charge in [-0.1, -0.05) is 6.07 Å². The molecule has 1 fully saturated rings. The fraction of sp³-hybridized carbons (Fsp3) is 0.538. The van der Waals surface area contributed by atoms with E-state index in [2.05, 4.69) is 0 Å². The second kappa shape index (κ2) is 4.24. The normalized spacial score (nSPS) is 25.7. The topological polar surface area (TPSA) is 68.3 Å². The van der Waals surface area contributed by atoms with Crippen molar-refractivity contribution in [2.75, 3.05) is 19.6 Å². The SMILES string of the molecule is NCC(=O)N1C[C@@H]2C[C@H](C1)c1cccc(=O)n1C2.